The summed E-state index contributed by atoms with van der Waals surface area (Å²) in [7, 11) is -5.81. The second kappa shape index (κ2) is 9.16. The average molecular weight is 445 g/mol. The number of carbonyl (C=O) groups is 2. The quantitative estimate of drug-likeness (QED) is 0.634. The Labute approximate surface area is 170 Å². The summed E-state index contributed by atoms with van der Waals surface area (Å²) in [5.74, 6) is -2.34. The number of amides is 1. The summed E-state index contributed by atoms with van der Waals surface area (Å²) in [6.45, 7) is 0.931. The summed E-state index contributed by atoms with van der Waals surface area (Å²) in [4.78, 5) is 22.7. The van der Waals surface area contributed by atoms with E-state index >= 15 is 0 Å². The smallest absolute Gasteiger partial charge is 0.501 e. The first-order valence-electron chi connectivity index (χ1n) is 8.52. The number of hydrogen-bond donors (Lipinski definition) is 2. The molecule has 11 heteroatoms. The maximum Gasteiger partial charge on any atom is 0.501 e. The number of benzene rings is 2. The van der Waals surface area contributed by atoms with E-state index in [4.69, 9.17) is 4.74 Å². The minimum absolute atomic E-state index is 0.154. The maximum absolute atomic E-state index is 13.0. The molecular weight excluding hydrogens is 427 g/mol. The number of aromatic hydroxyl groups is 1. The predicted molar refractivity (Wildman–Crippen MR) is 98.9 cm³/mol. The highest BCUT2D eigenvalue weighted by Crippen LogP contribution is 2.34. The lowest BCUT2D eigenvalue weighted by atomic mass is 10.1. The Morgan fingerprint density at radius 2 is 1.77 bits per heavy atom. The zero-order valence-electron chi connectivity index (χ0n) is 15.6. The second-order valence-electron chi connectivity index (χ2n) is 6.29. The van der Waals surface area contributed by atoms with Gasteiger partial charge in [-0.1, -0.05) is 36.4 Å². The van der Waals surface area contributed by atoms with Gasteiger partial charge in [0.05, 0.1) is 4.90 Å². The Balaban J connectivity index is 2.32. The lowest BCUT2D eigenvalue weighted by molar-refractivity contribution is -0.149. The van der Waals surface area contributed by atoms with E-state index in [0.717, 1.165) is 19.1 Å². The molecule has 0 fully saturated rings. The van der Waals surface area contributed by atoms with Crippen LogP contribution in [0.15, 0.2) is 53.4 Å². The SMILES string of the molecule is CC(=O)N[C@@H](Cc1ccc(O)cc1S(=O)(=O)C(F)(F)F)C(=O)OCc1ccccc1. The largest absolute Gasteiger partial charge is 0.508 e. The summed E-state index contributed by atoms with van der Waals surface area (Å²) < 4.78 is 67.9. The van der Waals surface area contributed by atoms with E-state index in [1.807, 2.05) is 0 Å². The second-order valence-corrected chi connectivity index (χ2v) is 8.20. The van der Waals surface area contributed by atoms with Gasteiger partial charge >= 0.3 is 11.5 Å². The molecule has 0 saturated carbocycles. The van der Waals surface area contributed by atoms with Gasteiger partial charge < -0.3 is 15.2 Å². The standard InChI is InChI=1S/C19H18F3NO6S/c1-12(24)23-16(18(26)29-11-13-5-3-2-4-6-13)9-14-7-8-15(25)10-17(14)30(27,28)19(20,21)22/h2-8,10,16,25H,9,11H2,1H3,(H,23,24)/t16-/m0/s1. The highest BCUT2D eigenvalue weighted by Gasteiger charge is 2.48. The molecule has 0 unspecified atom stereocenters. The van der Waals surface area contributed by atoms with Gasteiger partial charge in [0.25, 0.3) is 9.84 Å². The highest BCUT2D eigenvalue weighted by atomic mass is 32.2. The maximum atomic E-state index is 13.0. The van der Waals surface area contributed by atoms with Crippen LogP contribution in [0.5, 0.6) is 5.75 Å². The summed E-state index contributed by atoms with van der Waals surface area (Å²) in [6.07, 6.45) is -0.599. The van der Waals surface area contributed by atoms with Crippen LogP contribution in [0.4, 0.5) is 13.2 Å². The van der Waals surface area contributed by atoms with Crippen molar-refractivity contribution in [1.82, 2.24) is 5.32 Å². The molecule has 7 nitrogen and oxygen atoms in total. The van der Waals surface area contributed by atoms with Crippen molar-refractivity contribution in [3.05, 3.63) is 59.7 Å². The molecule has 0 aliphatic heterocycles. The van der Waals surface area contributed by atoms with Crippen LogP contribution < -0.4 is 5.32 Å². The van der Waals surface area contributed by atoms with E-state index < -0.39 is 55.9 Å². The summed E-state index contributed by atoms with van der Waals surface area (Å²) in [6, 6.07) is 9.43. The molecule has 0 aromatic heterocycles. The molecular formula is C19H18F3NO6S. The van der Waals surface area contributed by atoms with E-state index in [-0.39, 0.29) is 6.61 Å². The first-order chi connectivity index (χ1) is 13.9. The first-order valence-corrected chi connectivity index (χ1v) is 10.0. The van der Waals surface area contributed by atoms with Crippen molar-refractivity contribution in [2.45, 2.75) is 36.4 Å². The molecule has 2 aromatic carbocycles. The Morgan fingerprint density at radius 3 is 2.33 bits per heavy atom. The highest BCUT2D eigenvalue weighted by molar-refractivity contribution is 7.92. The number of alkyl halides is 3. The van der Waals surface area contributed by atoms with Crippen LogP contribution in [-0.4, -0.2) is 37.0 Å². The summed E-state index contributed by atoms with van der Waals surface area (Å²) in [5.41, 5.74) is -5.40. The number of hydrogen-bond acceptors (Lipinski definition) is 6. The number of phenols is 1. The van der Waals surface area contributed by atoms with E-state index in [2.05, 4.69) is 5.32 Å². The van der Waals surface area contributed by atoms with Gasteiger partial charge in [0, 0.05) is 13.3 Å². The molecule has 0 radical (unpaired) electrons. The average Bonchev–Trinajstić information content (AvgIpc) is 2.66. The Kier molecular flexibility index (Phi) is 7.08. The Bertz CT molecular complexity index is 1020. The number of ether oxygens (including phenoxy) is 1. The molecule has 1 amide bonds. The number of halogens is 3. The van der Waals surface area contributed by atoms with Gasteiger partial charge in [-0.05, 0) is 23.3 Å². The minimum Gasteiger partial charge on any atom is -0.508 e. The van der Waals surface area contributed by atoms with Crippen molar-refractivity contribution in [3.8, 4) is 5.75 Å². The lowest BCUT2D eigenvalue weighted by Crippen LogP contribution is -2.42. The van der Waals surface area contributed by atoms with E-state index in [1.54, 1.807) is 30.3 Å². The molecule has 2 N–H and O–H groups in total. The van der Waals surface area contributed by atoms with Crippen LogP contribution in [0.2, 0.25) is 0 Å². The molecule has 30 heavy (non-hydrogen) atoms. The summed E-state index contributed by atoms with van der Waals surface area (Å²) in [5, 5.41) is 11.7. The molecule has 2 aromatic rings. The zero-order valence-corrected chi connectivity index (χ0v) is 16.5. The van der Waals surface area contributed by atoms with Gasteiger partial charge in [-0.25, -0.2) is 13.2 Å². The molecule has 162 valence electrons. The Morgan fingerprint density at radius 1 is 1.13 bits per heavy atom. The fourth-order valence-corrected chi connectivity index (χ4v) is 3.60. The number of sulfone groups is 1. The Hall–Kier alpha value is -3.08. The van der Waals surface area contributed by atoms with Crippen molar-refractivity contribution in [2.75, 3.05) is 0 Å². The number of nitrogens with one attached hydrogen (secondary N) is 1. The normalized spacial score (nSPS) is 12.8. The van der Waals surface area contributed by atoms with Crippen molar-refractivity contribution in [3.63, 3.8) is 0 Å². The minimum atomic E-state index is -5.81. The van der Waals surface area contributed by atoms with Crippen LogP contribution in [0, 0.1) is 0 Å². The van der Waals surface area contributed by atoms with E-state index in [0.29, 0.717) is 11.6 Å². The molecule has 0 bridgehead atoms. The first kappa shape index (κ1) is 23.2. The third-order valence-corrected chi connectivity index (χ3v) is 5.52. The van der Waals surface area contributed by atoms with Crippen molar-refractivity contribution >= 4 is 21.7 Å². The third kappa shape index (κ3) is 5.72. The van der Waals surface area contributed by atoms with Crippen LogP contribution in [0.25, 0.3) is 0 Å². The zero-order chi connectivity index (χ0) is 22.5. The molecule has 2 rings (SSSR count). The van der Waals surface area contributed by atoms with Crippen LogP contribution >= 0.6 is 0 Å². The van der Waals surface area contributed by atoms with Gasteiger partial charge in [0.2, 0.25) is 5.91 Å². The molecule has 0 heterocycles. The van der Waals surface area contributed by atoms with Gasteiger partial charge in [-0.2, -0.15) is 13.2 Å². The van der Waals surface area contributed by atoms with Crippen molar-refractivity contribution in [2.24, 2.45) is 0 Å². The summed E-state index contributed by atoms with van der Waals surface area (Å²) >= 11 is 0. The molecule has 0 spiro atoms. The van der Waals surface area contributed by atoms with Crippen LogP contribution in [-0.2, 0) is 37.2 Å². The number of phenolic OH excluding ortho intramolecular Hbond substituents is 1. The van der Waals surface area contributed by atoms with Crippen molar-refractivity contribution in [1.29, 1.82) is 0 Å². The topological polar surface area (TPSA) is 110 Å². The lowest BCUT2D eigenvalue weighted by Gasteiger charge is -2.19. The van der Waals surface area contributed by atoms with E-state index in [1.165, 1.54) is 0 Å². The molecule has 1 atom stereocenters. The van der Waals surface area contributed by atoms with E-state index in [9.17, 15) is 36.3 Å². The number of rotatable bonds is 7. The molecule has 0 aliphatic rings. The van der Waals surface area contributed by atoms with Gasteiger partial charge in [-0.15, -0.1) is 0 Å². The fourth-order valence-electron chi connectivity index (χ4n) is 2.57. The monoisotopic (exact) mass is 445 g/mol. The number of esters is 1. The molecule has 0 aliphatic carbocycles. The van der Waals surface area contributed by atoms with Crippen LogP contribution in [0.1, 0.15) is 18.1 Å². The van der Waals surface area contributed by atoms with Gasteiger partial charge in [0.1, 0.15) is 18.4 Å². The van der Waals surface area contributed by atoms with Crippen molar-refractivity contribution < 1.29 is 41.0 Å². The van der Waals surface area contributed by atoms with Gasteiger partial charge in [0.15, 0.2) is 0 Å². The molecule has 0 saturated heterocycles. The third-order valence-electron chi connectivity index (χ3n) is 3.95. The predicted octanol–water partition coefficient (Wildman–Crippen LogP) is 2.48. The van der Waals surface area contributed by atoms with Gasteiger partial charge in [-0.3, -0.25) is 4.79 Å². The van der Waals surface area contributed by atoms with Crippen LogP contribution in [0.3, 0.4) is 0 Å². The fraction of sp³-hybridized carbons (Fsp3) is 0.263. The number of carbonyl (C=O) groups excluding carboxylic acids is 2.